The molecular formula is C11H12O4. The fourth-order valence-electron chi connectivity index (χ4n) is 0.920. The summed E-state index contributed by atoms with van der Waals surface area (Å²) in [6.45, 7) is 0.473. The maximum atomic E-state index is 10.1. The van der Waals surface area contributed by atoms with Gasteiger partial charge in [-0.15, -0.1) is 0 Å². The van der Waals surface area contributed by atoms with Crippen LogP contribution in [0.4, 0.5) is 0 Å². The van der Waals surface area contributed by atoms with E-state index in [9.17, 15) is 4.79 Å². The summed E-state index contributed by atoms with van der Waals surface area (Å²) in [5, 5.41) is 8.26. The molecule has 0 aromatic heterocycles. The van der Waals surface area contributed by atoms with Gasteiger partial charge in [-0.3, -0.25) is 0 Å². The Balaban J connectivity index is 2.10. The lowest BCUT2D eigenvalue weighted by molar-refractivity contribution is -0.295. The highest BCUT2D eigenvalue weighted by molar-refractivity contribution is 5.79. The van der Waals surface area contributed by atoms with E-state index in [2.05, 4.69) is 0 Å². The molecule has 15 heavy (non-hydrogen) atoms. The van der Waals surface area contributed by atoms with Gasteiger partial charge in [0.1, 0.15) is 13.2 Å². The highest BCUT2D eigenvalue weighted by Gasteiger charge is 1.91. The van der Waals surface area contributed by atoms with Crippen molar-refractivity contribution in [2.45, 2.75) is 6.61 Å². The Morgan fingerprint density at radius 2 is 2.00 bits per heavy atom. The van der Waals surface area contributed by atoms with E-state index in [1.165, 1.54) is 6.08 Å². The second kappa shape index (κ2) is 6.75. The van der Waals surface area contributed by atoms with Gasteiger partial charge in [0.2, 0.25) is 0 Å². The zero-order valence-corrected chi connectivity index (χ0v) is 8.13. The van der Waals surface area contributed by atoms with Gasteiger partial charge in [-0.2, -0.15) is 0 Å². The maximum absolute atomic E-state index is 10.1. The zero-order chi connectivity index (χ0) is 10.9. The average molecular weight is 208 g/mol. The molecule has 4 heteroatoms. The number of aliphatic carboxylic acids is 1. The Morgan fingerprint density at radius 3 is 2.67 bits per heavy atom. The van der Waals surface area contributed by atoms with Gasteiger partial charge < -0.3 is 5.11 Å². The summed E-state index contributed by atoms with van der Waals surface area (Å²) in [4.78, 5) is 19.7. The summed E-state index contributed by atoms with van der Waals surface area (Å²) >= 11 is 0. The van der Waals surface area contributed by atoms with E-state index >= 15 is 0 Å². The number of carboxylic acid groups (broad SMARTS) is 1. The van der Waals surface area contributed by atoms with Crippen molar-refractivity contribution in [3.63, 3.8) is 0 Å². The molecule has 0 spiro atoms. The van der Waals surface area contributed by atoms with Gasteiger partial charge in [-0.05, 0) is 11.6 Å². The molecule has 0 unspecified atom stereocenters. The lowest BCUT2D eigenvalue weighted by Gasteiger charge is -2.01. The predicted molar refractivity (Wildman–Crippen MR) is 54.0 cm³/mol. The highest BCUT2D eigenvalue weighted by atomic mass is 17.2. The number of benzene rings is 1. The summed E-state index contributed by atoms with van der Waals surface area (Å²) in [5.74, 6) is -0.998. The minimum atomic E-state index is -0.998. The van der Waals surface area contributed by atoms with E-state index in [1.54, 1.807) is 0 Å². The molecule has 4 nitrogen and oxygen atoms in total. The summed E-state index contributed by atoms with van der Waals surface area (Å²) in [5.41, 5.74) is 1.000. The highest BCUT2D eigenvalue weighted by Crippen LogP contribution is 2.00. The van der Waals surface area contributed by atoms with Crippen LogP contribution in [0.5, 0.6) is 0 Å². The van der Waals surface area contributed by atoms with Crippen molar-refractivity contribution >= 4 is 5.97 Å². The predicted octanol–water partition coefficient (Wildman–Crippen LogP) is 1.78. The van der Waals surface area contributed by atoms with Crippen LogP contribution >= 0.6 is 0 Å². The summed E-state index contributed by atoms with van der Waals surface area (Å²) < 4.78 is 0. The number of carboxylic acids is 1. The van der Waals surface area contributed by atoms with E-state index in [4.69, 9.17) is 14.9 Å². The number of hydrogen-bond donors (Lipinski definition) is 1. The van der Waals surface area contributed by atoms with Crippen molar-refractivity contribution in [1.82, 2.24) is 0 Å². The number of hydrogen-bond acceptors (Lipinski definition) is 3. The molecule has 0 radical (unpaired) electrons. The third kappa shape index (κ3) is 5.61. The van der Waals surface area contributed by atoms with Crippen LogP contribution in [0, 0.1) is 0 Å². The summed E-state index contributed by atoms with van der Waals surface area (Å²) in [7, 11) is 0. The molecule has 1 aromatic rings. The van der Waals surface area contributed by atoms with Crippen LogP contribution in [0.3, 0.4) is 0 Å². The van der Waals surface area contributed by atoms with E-state index in [0.29, 0.717) is 6.61 Å². The first-order valence-corrected chi connectivity index (χ1v) is 4.47. The molecule has 0 saturated carbocycles. The first kappa shape index (κ1) is 11.4. The van der Waals surface area contributed by atoms with Crippen LogP contribution < -0.4 is 0 Å². The molecule has 0 aliphatic carbocycles. The van der Waals surface area contributed by atoms with Crippen molar-refractivity contribution in [3.05, 3.63) is 48.0 Å². The molecule has 1 N–H and O–H groups in total. The third-order valence-corrected chi connectivity index (χ3v) is 1.58. The second-order valence-corrected chi connectivity index (χ2v) is 2.77. The quantitative estimate of drug-likeness (QED) is 0.335. The Kier molecular flexibility index (Phi) is 5.14. The number of rotatable bonds is 6. The molecule has 0 bridgehead atoms. The summed E-state index contributed by atoms with van der Waals surface area (Å²) in [6, 6.07) is 9.55. The molecule has 80 valence electrons. The smallest absolute Gasteiger partial charge is 0.328 e. The van der Waals surface area contributed by atoms with E-state index in [0.717, 1.165) is 11.6 Å². The van der Waals surface area contributed by atoms with Crippen LogP contribution in [-0.4, -0.2) is 17.7 Å². The van der Waals surface area contributed by atoms with Crippen molar-refractivity contribution in [3.8, 4) is 0 Å². The molecule has 0 amide bonds. The van der Waals surface area contributed by atoms with E-state index in [1.807, 2.05) is 30.3 Å². The molecule has 0 saturated heterocycles. The van der Waals surface area contributed by atoms with Crippen molar-refractivity contribution in [2.24, 2.45) is 0 Å². The van der Waals surface area contributed by atoms with Gasteiger partial charge in [0.15, 0.2) is 0 Å². The summed E-state index contributed by atoms with van der Waals surface area (Å²) in [6.07, 6.45) is 2.37. The van der Waals surface area contributed by atoms with E-state index < -0.39 is 5.97 Å². The van der Waals surface area contributed by atoms with Gasteiger partial charge in [0.25, 0.3) is 0 Å². The van der Waals surface area contributed by atoms with Crippen LogP contribution in [-0.2, 0) is 21.2 Å². The molecule has 0 atom stereocenters. The van der Waals surface area contributed by atoms with Crippen LogP contribution in [0.15, 0.2) is 42.5 Å². The second-order valence-electron chi connectivity index (χ2n) is 2.77. The minimum Gasteiger partial charge on any atom is -0.478 e. The first-order valence-electron chi connectivity index (χ1n) is 4.47. The van der Waals surface area contributed by atoms with Gasteiger partial charge in [0.05, 0.1) is 0 Å². The van der Waals surface area contributed by atoms with Crippen molar-refractivity contribution in [1.29, 1.82) is 0 Å². The van der Waals surface area contributed by atoms with Crippen LogP contribution in [0.2, 0.25) is 0 Å². The first-order chi connectivity index (χ1) is 7.29. The lowest BCUT2D eigenvalue weighted by atomic mass is 10.2. The average Bonchev–Trinajstić information content (AvgIpc) is 2.24. The zero-order valence-electron chi connectivity index (χ0n) is 8.13. The monoisotopic (exact) mass is 208 g/mol. The lowest BCUT2D eigenvalue weighted by Crippen LogP contribution is -1.96. The van der Waals surface area contributed by atoms with Crippen LogP contribution in [0.25, 0.3) is 0 Å². The molecule has 1 rings (SSSR count). The van der Waals surface area contributed by atoms with Gasteiger partial charge >= 0.3 is 5.97 Å². The normalized spacial score (nSPS) is 10.7. The van der Waals surface area contributed by atoms with Crippen molar-refractivity contribution in [2.75, 3.05) is 6.61 Å². The molecule has 0 fully saturated rings. The van der Waals surface area contributed by atoms with Gasteiger partial charge in [-0.1, -0.05) is 30.3 Å². The maximum Gasteiger partial charge on any atom is 0.328 e. The van der Waals surface area contributed by atoms with Gasteiger partial charge in [-0.25, -0.2) is 14.6 Å². The molecule has 0 aliphatic heterocycles. The topological polar surface area (TPSA) is 55.8 Å². The molecule has 0 aliphatic rings. The Labute approximate surface area is 87.7 Å². The molecule has 0 heterocycles. The standard InChI is InChI=1S/C11H12O4/c12-11(13)7-4-8-14-15-9-10-5-2-1-3-6-10/h1-7H,8-9H2,(H,12,13). The third-order valence-electron chi connectivity index (χ3n) is 1.58. The Bertz CT molecular complexity index is 319. The largest absolute Gasteiger partial charge is 0.478 e. The number of carbonyl (C=O) groups is 1. The van der Waals surface area contributed by atoms with Crippen molar-refractivity contribution < 1.29 is 19.7 Å². The minimum absolute atomic E-state index is 0.124. The SMILES string of the molecule is O=C(O)C=CCOOCc1ccccc1. The Hall–Kier alpha value is -1.65. The van der Waals surface area contributed by atoms with Gasteiger partial charge in [0, 0.05) is 6.08 Å². The Morgan fingerprint density at radius 1 is 1.27 bits per heavy atom. The fourth-order valence-corrected chi connectivity index (χ4v) is 0.920. The van der Waals surface area contributed by atoms with E-state index in [-0.39, 0.29) is 6.61 Å². The fraction of sp³-hybridized carbons (Fsp3) is 0.182. The molecular weight excluding hydrogens is 196 g/mol. The molecule has 1 aromatic carbocycles. The van der Waals surface area contributed by atoms with Crippen LogP contribution in [0.1, 0.15) is 5.56 Å².